The number of fused-ring (bicyclic) bond motifs is 1. The van der Waals surface area contributed by atoms with Gasteiger partial charge in [-0.25, -0.2) is 9.37 Å². The minimum absolute atomic E-state index is 0.172. The van der Waals surface area contributed by atoms with E-state index in [0.717, 1.165) is 0 Å². The SMILES string of the molecule is Cc1nc2c(-c3cccc(F)c3)cc(CO)cc2[nH]c1=O. The Balaban J connectivity index is 2.39. The summed E-state index contributed by atoms with van der Waals surface area (Å²) < 4.78 is 13.5. The number of aryl methyl sites for hydroxylation is 1. The standard InChI is InChI=1S/C16H13FN2O2/c1-9-16(21)19-14-6-10(8-20)5-13(15(14)18-9)11-3-2-4-12(17)7-11/h2-7,20H,8H2,1H3,(H,19,21). The van der Waals surface area contributed by atoms with Crippen molar-refractivity contribution in [3.63, 3.8) is 0 Å². The molecule has 1 aromatic heterocycles. The molecule has 0 unspecified atom stereocenters. The van der Waals surface area contributed by atoms with E-state index >= 15 is 0 Å². The Bertz CT molecular complexity index is 887. The summed E-state index contributed by atoms with van der Waals surface area (Å²) in [5, 5.41) is 9.36. The van der Waals surface area contributed by atoms with Crippen LogP contribution in [0.1, 0.15) is 11.3 Å². The first-order chi connectivity index (χ1) is 10.1. The number of nitrogens with one attached hydrogen (secondary N) is 1. The Hall–Kier alpha value is -2.53. The first-order valence-electron chi connectivity index (χ1n) is 6.49. The van der Waals surface area contributed by atoms with Gasteiger partial charge in [-0.1, -0.05) is 12.1 Å². The molecule has 1 heterocycles. The summed E-state index contributed by atoms with van der Waals surface area (Å²) in [5.74, 6) is -0.351. The lowest BCUT2D eigenvalue weighted by molar-refractivity contribution is 0.282. The Morgan fingerprint density at radius 1 is 1.29 bits per heavy atom. The van der Waals surface area contributed by atoms with Crippen molar-refractivity contribution in [2.24, 2.45) is 0 Å². The maximum absolute atomic E-state index is 13.5. The number of benzene rings is 2. The molecular weight excluding hydrogens is 271 g/mol. The Morgan fingerprint density at radius 2 is 2.10 bits per heavy atom. The van der Waals surface area contributed by atoms with E-state index in [0.29, 0.717) is 33.4 Å². The van der Waals surface area contributed by atoms with E-state index in [1.165, 1.54) is 12.1 Å². The molecule has 3 aromatic rings. The third kappa shape index (κ3) is 2.43. The fourth-order valence-corrected chi connectivity index (χ4v) is 2.31. The second-order valence-corrected chi connectivity index (χ2v) is 4.86. The van der Waals surface area contributed by atoms with Crippen molar-refractivity contribution in [2.45, 2.75) is 13.5 Å². The fraction of sp³-hybridized carbons (Fsp3) is 0.125. The number of hydrogen-bond acceptors (Lipinski definition) is 3. The quantitative estimate of drug-likeness (QED) is 0.760. The molecule has 0 radical (unpaired) electrons. The van der Waals surface area contributed by atoms with E-state index in [4.69, 9.17) is 0 Å². The van der Waals surface area contributed by atoms with Crippen LogP contribution in [0.4, 0.5) is 4.39 Å². The molecule has 2 aromatic carbocycles. The summed E-state index contributed by atoms with van der Waals surface area (Å²) in [4.78, 5) is 18.7. The summed E-state index contributed by atoms with van der Waals surface area (Å²) in [6.45, 7) is 1.45. The smallest absolute Gasteiger partial charge is 0.269 e. The molecule has 0 aliphatic carbocycles. The molecule has 3 rings (SSSR count). The number of aliphatic hydroxyl groups excluding tert-OH is 1. The van der Waals surface area contributed by atoms with Crippen molar-refractivity contribution < 1.29 is 9.50 Å². The predicted octanol–water partition coefficient (Wildman–Crippen LogP) is 2.53. The van der Waals surface area contributed by atoms with Crippen molar-refractivity contribution in [3.05, 3.63) is 63.8 Å². The highest BCUT2D eigenvalue weighted by molar-refractivity contribution is 5.92. The van der Waals surface area contributed by atoms with E-state index in [1.54, 1.807) is 31.2 Å². The van der Waals surface area contributed by atoms with Crippen LogP contribution in [0.3, 0.4) is 0 Å². The van der Waals surface area contributed by atoms with Gasteiger partial charge in [0.15, 0.2) is 0 Å². The van der Waals surface area contributed by atoms with Gasteiger partial charge in [0, 0.05) is 5.56 Å². The maximum atomic E-state index is 13.5. The Labute approximate surface area is 119 Å². The van der Waals surface area contributed by atoms with Gasteiger partial charge in [-0.2, -0.15) is 0 Å². The molecule has 21 heavy (non-hydrogen) atoms. The van der Waals surface area contributed by atoms with Crippen molar-refractivity contribution in [1.82, 2.24) is 9.97 Å². The number of aliphatic hydroxyl groups is 1. The molecule has 0 fully saturated rings. The van der Waals surface area contributed by atoms with Crippen LogP contribution in [0, 0.1) is 12.7 Å². The molecule has 0 amide bonds. The molecule has 2 N–H and O–H groups in total. The molecule has 0 saturated carbocycles. The van der Waals surface area contributed by atoms with Crippen LogP contribution in [0.25, 0.3) is 22.2 Å². The first kappa shape index (κ1) is 13.5. The van der Waals surface area contributed by atoms with Crippen LogP contribution in [0.2, 0.25) is 0 Å². The zero-order valence-corrected chi connectivity index (χ0v) is 11.4. The average Bonchev–Trinajstić information content (AvgIpc) is 2.47. The van der Waals surface area contributed by atoms with Crippen molar-refractivity contribution in [2.75, 3.05) is 0 Å². The van der Waals surface area contributed by atoms with Crippen LogP contribution in [0.5, 0.6) is 0 Å². The molecular formula is C16H13FN2O2. The predicted molar refractivity (Wildman–Crippen MR) is 78.4 cm³/mol. The minimum Gasteiger partial charge on any atom is -0.392 e. The topological polar surface area (TPSA) is 66.0 Å². The van der Waals surface area contributed by atoms with Crippen LogP contribution >= 0.6 is 0 Å². The van der Waals surface area contributed by atoms with Crippen molar-refractivity contribution in [1.29, 1.82) is 0 Å². The van der Waals surface area contributed by atoms with Crippen LogP contribution in [-0.2, 0) is 6.61 Å². The molecule has 0 bridgehead atoms. The third-order valence-corrected chi connectivity index (χ3v) is 3.34. The lowest BCUT2D eigenvalue weighted by Gasteiger charge is -2.09. The molecule has 0 spiro atoms. The monoisotopic (exact) mass is 284 g/mol. The minimum atomic E-state index is -0.351. The van der Waals surface area contributed by atoms with Gasteiger partial charge in [-0.15, -0.1) is 0 Å². The summed E-state index contributed by atoms with van der Waals surface area (Å²) >= 11 is 0. The van der Waals surface area contributed by atoms with E-state index in [1.807, 2.05) is 0 Å². The Morgan fingerprint density at radius 3 is 2.81 bits per heavy atom. The second kappa shape index (κ2) is 5.10. The lowest BCUT2D eigenvalue weighted by Crippen LogP contribution is -2.12. The van der Waals surface area contributed by atoms with Gasteiger partial charge in [0.25, 0.3) is 5.56 Å². The van der Waals surface area contributed by atoms with Gasteiger partial charge in [-0.05, 0) is 42.3 Å². The number of halogens is 1. The fourth-order valence-electron chi connectivity index (χ4n) is 2.31. The zero-order chi connectivity index (χ0) is 15.0. The first-order valence-corrected chi connectivity index (χ1v) is 6.49. The molecule has 0 saturated heterocycles. The van der Waals surface area contributed by atoms with Crippen molar-refractivity contribution >= 4 is 11.0 Å². The summed E-state index contributed by atoms with van der Waals surface area (Å²) in [6, 6.07) is 9.57. The third-order valence-electron chi connectivity index (χ3n) is 3.34. The number of hydrogen-bond donors (Lipinski definition) is 2. The van der Waals surface area contributed by atoms with Gasteiger partial charge >= 0.3 is 0 Å². The van der Waals surface area contributed by atoms with Gasteiger partial charge in [0.1, 0.15) is 11.5 Å². The van der Waals surface area contributed by atoms with E-state index < -0.39 is 0 Å². The highest BCUT2D eigenvalue weighted by atomic mass is 19.1. The van der Waals surface area contributed by atoms with Gasteiger partial charge < -0.3 is 10.1 Å². The number of aromatic amines is 1. The zero-order valence-electron chi connectivity index (χ0n) is 11.4. The second-order valence-electron chi connectivity index (χ2n) is 4.86. The van der Waals surface area contributed by atoms with E-state index in [-0.39, 0.29) is 18.0 Å². The average molecular weight is 284 g/mol. The van der Waals surface area contributed by atoms with Gasteiger partial charge in [0.05, 0.1) is 17.6 Å². The molecule has 5 heteroatoms. The molecule has 106 valence electrons. The van der Waals surface area contributed by atoms with Crippen LogP contribution < -0.4 is 5.56 Å². The number of nitrogens with zero attached hydrogens (tertiary/aromatic N) is 1. The highest BCUT2D eigenvalue weighted by Gasteiger charge is 2.10. The number of H-pyrrole nitrogens is 1. The molecule has 0 aliphatic rings. The summed E-state index contributed by atoms with van der Waals surface area (Å²) in [6.07, 6.45) is 0. The van der Waals surface area contributed by atoms with Crippen LogP contribution in [-0.4, -0.2) is 15.1 Å². The highest BCUT2D eigenvalue weighted by Crippen LogP contribution is 2.28. The molecule has 0 atom stereocenters. The maximum Gasteiger partial charge on any atom is 0.269 e. The normalized spacial score (nSPS) is 11.0. The summed E-state index contributed by atoms with van der Waals surface area (Å²) in [7, 11) is 0. The van der Waals surface area contributed by atoms with Gasteiger partial charge in [-0.3, -0.25) is 4.79 Å². The Kier molecular flexibility index (Phi) is 3.27. The van der Waals surface area contributed by atoms with E-state index in [9.17, 15) is 14.3 Å². The van der Waals surface area contributed by atoms with Crippen LogP contribution in [0.15, 0.2) is 41.2 Å². The van der Waals surface area contributed by atoms with Crippen molar-refractivity contribution in [3.8, 4) is 11.1 Å². The summed E-state index contributed by atoms with van der Waals surface area (Å²) in [5.41, 5.74) is 3.12. The van der Waals surface area contributed by atoms with E-state index in [2.05, 4.69) is 9.97 Å². The number of rotatable bonds is 2. The van der Waals surface area contributed by atoms with Gasteiger partial charge in [0.2, 0.25) is 0 Å². The number of aromatic nitrogens is 2. The largest absolute Gasteiger partial charge is 0.392 e. The lowest BCUT2D eigenvalue weighted by atomic mass is 10.0. The molecule has 4 nitrogen and oxygen atoms in total. The molecule has 0 aliphatic heterocycles.